The number of nitrogens with zero attached hydrogens (tertiary/aromatic N) is 1. The van der Waals surface area contributed by atoms with Gasteiger partial charge in [-0.05, 0) is 32.0 Å². The molecule has 0 bridgehead atoms. The molecule has 0 aliphatic carbocycles. The summed E-state index contributed by atoms with van der Waals surface area (Å²) in [6.45, 7) is 6.45. The van der Waals surface area contributed by atoms with Crippen LogP contribution in [0.1, 0.15) is 19.4 Å². The summed E-state index contributed by atoms with van der Waals surface area (Å²) >= 11 is 0. The van der Waals surface area contributed by atoms with Gasteiger partial charge in [-0.3, -0.25) is 5.41 Å². The van der Waals surface area contributed by atoms with Gasteiger partial charge in [0.15, 0.2) is 0 Å². The number of amidine groups is 1. The molecule has 0 heterocycles. The molecule has 1 rings (SSSR count). The van der Waals surface area contributed by atoms with Gasteiger partial charge >= 0.3 is 0 Å². The summed E-state index contributed by atoms with van der Waals surface area (Å²) in [5.41, 5.74) is 6.24. The average Bonchev–Trinajstić information content (AvgIpc) is 2.35. The zero-order valence-electron chi connectivity index (χ0n) is 10.9. The number of likely N-dealkylation sites (N-methyl/N-ethyl adjacent to an activating group) is 1. The smallest absolute Gasteiger partial charge is 0.147 e. The van der Waals surface area contributed by atoms with Crippen molar-refractivity contribution in [1.29, 1.82) is 5.41 Å². The Morgan fingerprint density at radius 3 is 2.67 bits per heavy atom. The number of rotatable bonds is 7. The van der Waals surface area contributed by atoms with E-state index in [2.05, 4.69) is 0 Å². The van der Waals surface area contributed by atoms with Crippen LogP contribution in [0.4, 0.5) is 10.1 Å². The van der Waals surface area contributed by atoms with Crippen molar-refractivity contribution in [3.05, 3.63) is 29.6 Å². The highest BCUT2D eigenvalue weighted by Gasteiger charge is 2.11. The van der Waals surface area contributed by atoms with Gasteiger partial charge in [0.2, 0.25) is 0 Å². The van der Waals surface area contributed by atoms with Crippen LogP contribution in [0.25, 0.3) is 0 Å². The van der Waals surface area contributed by atoms with Crippen LogP contribution < -0.4 is 10.6 Å². The highest BCUT2D eigenvalue weighted by Crippen LogP contribution is 2.20. The fraction of sp³-hybridized carbons (Fsp3) is 0.462. The van der Waals surface area contributed by atoms with E-state index in [0.29, 0.717) is 37.6 Å². The molecule has 1 aromatic carbocycles. The first-order valence-corrected chi connectivity index (χ1v) is 6.06. The van der Waals surface area contributed by atoms with Gasteiger partial charge in [0.05, 0.1) is 12.3 Å². The molecule has 0 aromatic heterocycles. The Morgan fingerprint density at radius 1 is 1.44 bits per heavy atom. The van der Waals surface area contributed by atoms with E-state index in [1.165, 1.54) is 6.07 Å². The van der Waals surface area contributed by atoms with Crippen molar-refractivity contribution in [2.75, 3.05) is 31.2 Å². The third-order valence-corrected chi connectivity index (χ3v) is 2.69. The molecule has 18 heavy (non-hydrogen) atoms. The van der Waals surface area contributed by atoms with Crippen molar-refractivity contribution in [3.63, 3.8) is 0 Å². The van der Waals surface area contributed by atoms with Crippen LogP contribution in [-0.2, 0) is 4.74 Å². The van der Waals surface area contributed by atoms with E-state index in [1.54, 1.807) is 12.1 Å². The maximum atomic E-state index is 13.9. The lowest BCUT2D eigenvalue weighted by Crippen LogP contribution is -2.28. The fourth-order valence-electron chi connectivity index (χ4n) is 1.70. The average molecular weight is 253 g/mol. The lowest BCUT2D eigenvalue weighted by atomic mass is 10.1. The summed E-state index contributed by atoms with van der Waals surface area (Å²) in [6.07, 6.45) is 0. The zero-order valence-corrected chi connectivity index (χ0v) is 10.9. The highest BCUT2D eigenvalue weighted by molar-refractivity contribution is 5.95. The molecule has 5 heteroatoms. The zero-order chi connectivity index (χ0) is 13.5. The van der Waals surface area contributed by atoms with Crippen molar-refractivity contribution in [3.8, 4) is 0 Å². The summed E-state index contributed by atoms with van der Waals surface area (Å²) in [4.78, 5) is 1.90. The van der Waals surface area contributed by atoms with E-state index in [1.807, 2.05) is 18.7 Å². The molecule has 0 saturated heterocycles. The van der Waals surface area contributed by atoms with Gasteiger partial charge in [-0.1, -0.05) is 0 Å². The number of benzene rings is 1. The topological polar surface area (TPSA) is 62.3 Å². The summed E-state index contributed by atoms with van der Waals surface area (Å²) in [6, 6.07) is 4.60. The maximum absolute atomic E-state index is 13.9. The summed E-state index contributed by atoms with van der Waals surface area (Å²) < 4.78 is 19.2. The van der Waals surface area contributed by atoms with Crippen molar-refractivity contribution in [2.45, 2.75) is 13.8 Å². The number of hydrogen-bond donors (Lipinski definition) is 2. The Labute approximate surface area is 107 Å². The SMILES string of the molecule is CCOCCN(CC)c1ccc(C(=N)N)cc1F. The second-order valence-electron chi connectivity index (χ2n) is 3.86. The van der Waals surface area contributed by atoms with Gasteiger partial charge in [-0.15, -0.1) is 0 Å². The monoisotopic (exact) mass is 253 g/mol. The molecule has 0 fully saturated rings. The molecule has 0 radical (unpaired) electrons. The minimum absolute atomic E-state index is 0.127. The predicted octanol–water partition coefficient (Wildman–Crippen LogP) is 1.97. The number of nitrogens with one attached hydrogen (secondary N) is 1. The van der Waals surface area contributed by atoms with Crippen molar-refractivity contribution < 1.29 is 9.13 Å². The van der Waals surface area contributed by atoms with Crippen LogP contribution in [0, 0.1) is 11.2 Å². The molecule has 0 atom stereocenters. The molecular formula is C13H20FN3O. The molecular weight excluding hydrogens is 233 g/mol. The van der Waals surface area contributed by atoms with Crippen LogP contribution in [0.5, 0.6) is 0 Å². The van der Waals surface area contributed by atoms with E-state index in [0.717, 1.165) is 0 Å². The van der Waals surface area contributed by atoms with Crippen LogP contribution in [-0.4, -0.2) is 32.1 Å². The lowest BCUT2D eigenvalue weighted by molar-refractivity contribution is 0.154. The number of nitrogens with two attached hydrogens (primary N) is 1. The summed E-state index contributed by atoms with van der Waals surface area (Å²) in [7, 11) is 0. The number of halogens is 1. The van der Waals surface area contributed by atoms with Gasteiger partial charge in [0.1, 0.15) is 11.7 Å². The van der Waals surface area contributed by atoms with Crippen LogP contribution >= 0.6 is 0 Å². The lowest BCUT2D eigenvalue weighted by Gasteiger charge is -2.23. The minimum atomic E-state index is -0.360. The van der Waals surface area contributed by atoms with Gasteiger partial charge < -0.3 is 15.4 Å². The standard InChI is InChI=1S/C13H20FN3O/c1-3-17(7-8-18-4-2)12-6-5-10(13(15)16)9-11(12)14/h5-6,9H,3-4,7-8H2,1-2H3,(H3,15,16). The number of nitrogen functional groups attached to an aromatic ring is 1. The van der Waals surface area contributed by atoms with E-state index >= 15 is 0 Å². The molecule has 0 spiro atoms. The first kappa shape index (κ1) is 14.4. The first-order chi connectivity index (χ1) is 8.60. The third kappa shape index (κ3) is 3.70. The van der Waals surface area contributed by atoms with Crippen molar-refractivity contribution in [1.82, 2.24) is 0 Å². The molecule has 0 aliphatic heterocycles. The Morgan fingerprint density at radius 2 is 2.17 bits per heavy atom. The van der Waals surface area contributed by atoms with Crippen LogP contribution in [0.3, 0.4) is 0 Å². The number of anilines is 1. The Hall–Kier alpha value is -1.62. The molecule has 4 nitrogen and oxygen atoms in total. The maximum Gasteiger partial charge on any atom is 0.147 e. The van der Waals surface area contributed by atoms with Crippen LogP contribution in [0.15, 0.2) is 18.2 Å². The predicted molar refractivity (Wildman–Crippen MR) is 71.8 cm³/mol. The van der Waals surface area contributed by atoms with Gasteiger partial charge in [0.25, 0.3) is 0 Å². The molecule has 100 valence electrons. The largest absolute Gasteiger partial charge is 0.384 e. The van der Waals surface area contributed by atoms with E-state index in [9.17, 15) is 4.39 Å². The van der Waals surface area contributed by atoms with E-state index in [4.69, 9.17) is 15.9 Å². The molecule has 0 saturated carbocycles. The Kier molecular flexibility index (Phi) is 5.58. The summed E-state index contributed by atoms with van der Waals surface area (Å²) in [5, 5.41) is 7.27. The molecule has 3 N–H and O–H groups in total. The Balaban J connectivity index is 2.82. The Bertz CT molecular complexity index is 409. The van der Waals surface area contributed by atoms with Crippen LogP contribution in [0.2, 0.25) is 0 Å². The van der Waals surface area contributed by atoms with Gasteiger partial charge in [0, 0.05) is 25.3 Å². The van der Waals surface area contributed by atoms with Crippen molar-refractivity contribution >= 4 is 11.5 Å². The molecule has 1 aromatic rings. The second-order valence-corrected chi connectivity index (χ2v) is 3.86. The molecule has 0 unspecified atom stereocenters. The first-order valence-electron chi connectivity index (χ1n) is 6.06. The molecule has 0 aliphatic rings. The fourth-order valence-corrected chi connectivity index (χ4v) is 1.70. The minimum Gasteiger partial charge on any atom is -0.384 e. The van der Waals surface area contributed by atoms with Gasteiger partial charge in [-0.25, -0.2) is 4.39 Å². The number of ether oxygens (including phenoxy) is 1. The van der Waals surface area contributed by atoms with Gasteiger partial charge in [-0.2, -0.15) is 0 Å². The highest BCUT2D eigenvalue weighted by atomic mass is 19.1. The van der Waals surface area contributed by atoms with E-state index in [-0.39, 0.29) is 11.7 Å². The van der Waals surface area contributed by atoms with E-state index < -0.39 is 0 Å². The molecule has 0 amide bonds. The third-order valence-electron chi connectivity index (χ3n) is 2.69. The normalized spacial score (nSPS) is 10.4. The second kappa shape index (κ2) is 6.96. The quantitative estimate of drug-likeness (QED) is 0.443. The number of hydrogen-bond acceptors (Lipinski definition) is 3. The summed E-state index contributed by atoms with van der Waals surface area (Å²) in [5.74, 6) is -0.487. The van der Waals surface area contributed by atoms with Crippen molar-refractivity contribution in [2.24, 2.45) is 5.73 Å².